The molecule has 2 amide bonds. The van der Waals surface area contributed by atoms with Gasteiger partial charge < -0.3 is 14.9 Å². The molecule has 2 rings (SSSR count). The maximum absolute atomic E-state index is 12.3. The molecule has 1 heterocycles. The second kappa shape index (κ2) is 6.21. The maximum atomic E-state index is 12.3. The number of piperazine rings is 1. The van der Waals surface area contributed by atoms with Crippen molar-refractivity contribution >= 4 is 11.8 Å². The van der Waals surface area contributed by atoms with Gasteiger partial charge in [-0.15, -0.1) is 0 Å². The van der Waals surface area contributed by atoms with Crippen molar-refractivity contribution in [2.75, 3.05) is 19.6 Å². The van der Waals surface area contributed by atoms with Crippen LogP contribution in [0.4, 0.5) is 13.2 Å². The van der Waals surface area contributed by atoms with Crippen molar-refractivity contribution in [3.05, 3.63) is 0 Å². The fourth-order valence-electron chi connectivity index (χ4n) is 2.97. The number of nitrogens with zero attached hydrogens (tertiary/aromatic N) is 2. The molecule has 1 N–H and O–H groups in total. The number of hydrogen-bond donors (Lipinski definition) is 1. The van der Waals surface area contributed by atoms with Gasteiger partial charge in [0.1, 0.15) is 0 Å². The van der Waals surface area contributed by atoms with E-state index in [0.717, 1.165) is 37.0 Å². The predicted octanol–water partition coefficient (Wildman–Crippen LogP) is 0.913. The molecule has 21 heavy (non-hydrogen) atoms. The lowest BCUT2D eigenvalue weighted by Crippen LogP contribution is -2.58. The number of alkyl halides is 3. The Kier molecular flexibility index (Phi) is 4.75. The minimum atomic E-state index is -5.00. The molecule has 0 unspecified atom stereocenters. The third-order valence-corrected chi connectivity index (χ3v) is 4.13. The molecule has 0 aromatic carbocycles. The topological polar surface area (TPSA) is 60.9 Å². The van der Waals surface area contributed by atoms with Gasteiger partial charge in [0, 0.05) is 19.1 Å². The van der Waals surface area contributed by atoms with Crippen LogP contribution in [0.1, 0.15) is 32.1 Å². The molecule has 0 aromatic rings. The molecule has 0 bridgehead atoms. The molecule has 1 aliphatic heterocycles. The zero-order valence-corrected chi connectivity index (χ0v) is 11.6. The molecule has 8 heteroatoms. The summed E-state index contributed by atoms with van der Waals surface area (Å²) in [4.78, 5) is 26.1. The summed E-state index contributed by atoms with van der Waals surface area (Å²) in [5, 5.41) is 8.97. The lowest BCUT2D eigenvalue weighted by atomic mass is 9.93. The van der Waals surface area contributed by atoms with Crippen LogP contribution in [0.25, 0.3) is 0 Å². The molecule has 2 fully saturated rings. The normalized spacial score (nSPS) is 23.3. The largest absolute Gasteiger partial charge is 0.423 e. The maximum Gasteiger partial charge on any atom is 0.423 e. The van der Waals surface area contributed by atoms with Crippen LogP contribution in [-0.2, 0) is 9.59 Å². The predicted molar refractivity (Wildman–Crippen MR) is 67.2 cm³/mol. The van der Waals surface area contributed by atoms with Gasteiger partial charge in [-0.3, -0.25) is 9.59 Å². The molecular weight excluding hydrogens is 289 g/mol. The van der Waals surface area contributed by atoms with Gasteiger partial charge in [0.25, 0.3) is 5.91 Å². The summed E-state index contributed by atoms with van der Waals surface area (Å²) in [7, 11) is 0. The molecule has 0 aromatic heterocycles. The summed E-state index contributed by atoms with van der Waals surface area (Å²) >= 11 is 0. The molecule has 1 saturated carbocycles. The highest BCUT2D eigenvalue weighted by Gasteiger charge is 2.46. The first kappa shape index (κ1) is 16.1. The van der Waals surface area contributed by atoms with Crippen molar-refractivity contribution in [1.82, 2.24) is 9.80 Å². The van der Waals surface area contributed by atoms with Gasteiger partial charge in [-0.25, -0.2) is 0 Å². The third-order valence-electron chi connectivity index (χ3n) is 4.13. The molecule has 120 valence electrons. The van der Waals surface area contributed by atoms with Crippen LogP contribution in [0.3, 0.4) is 0 Å². The summed E-state index contributed by atoms with van der Waals surface area (Å²) in [5.41, 5.74) is 0. The highest BCUT2D eigenvalue weighted by molar-refractivity contribution is 5.88. The van der Waals surface area contributed by atoms with Gasteiger partial charge in [0.15, 0.2) is 0 Å². The first-order valence-corrected chi connectivity index (χ1v) is 7.13. The molecule has 2 aliphatic rings. The van der Waals surface area contributed by atoms with Crippen LogP contribution in [0, 0.1) is 0 Å². The summed E-state index contributed by atoms with van der Waals surface area (Å²) < 4.78 is 37.0. The van der Waals surface area contributed by atoms with Crippen molar-refractivity contribution in [2.24, 2.45) is 0 Å². The van der Waals surface area contributed by atoms with E-state index in [9.17, 15) is 22.8 Å². The molecular formula is C13H19F3N2O3. The van der Waals surface area contributed by atoms with E-state index in [-0.39, 0.29) is 31.6 Å². The van der Waals surface area contributed by atoms with Crippen LogP contribution in [0.2, 0.25) is 0 Å². The van der Waals surface area contributed by atoms with E-state index in [1.54, 1.807) is 4.90 Å². The molecule has 0 radical (unpaired) electrons. The zero-order chi connectivity index (χ0) is 15.6. The lowest BCUT2D eigenvalue weighted by Gasteiger charge is -2.41. The number of carbonyl (C=O) groups is 2. The van der Waals surface area contributed by atoms with E-state index < -0.39 is 18.2 Å². The highest BCUT2D eigenvalue weighted by Crippen LogP contribution is 2.25. The summed E-state index contributed by atoms with van der Waals surface area (Å²) in [6.45, 7) is -0.115. The van der Waals surface area contributed by atoms with Crippen LogP contribution in [0.15, 0.2) is 0 Å². The zero-order valence-electron chi connectivity index (χ0n) is 11.6. The summed E-state index contributed by atoms with van der Waals surface area (Å²) in [5.74, 6) is -1.78. The Balaban J connectivity index is 1.94. The molecule has 5 nitrogen and oxygen atoms in total. The Morgan fingerprint density at radius 3 is 2.33 bits per heavy atom. The van der Waals surface area contributed by atoms with Crippen molar-refractivity contribution in [3.63, 3.8) is 0 Å². The van der Waals surface area contributed by atoms with Gasteiger partial charge in [-0.2, -0.15) is 13.2 Å². The number of aliphatic hydroxyl groups is 1. The summed E-state index contributed by atoms with van der Waals surface area (Å²) in [6.07, 6.45) is -3.00. The van der Waals surface area contributed by atoms with E-state index in [1.807, 2.05) is 0 Å². The van der Waals surface area contributed by atoms with Gasteiger partial charge >= 0.3 is 6.18 Å². The van der Waals surface area contributed by atoms with Crippen LogP contribution >= 0.6 is 0 Å². The van der Waals surface area contributed by atoms with E-state index >= 15 is 0 Å². The van der Waals surface area contributed by atoms with Gasteiger partial charge in [-0.1, -0.05) is 19.3 Å². The first-order chi connectivity index (χ1) is 9.80. The number of rotatable bonds is 2. The first-order valence-electron chi connectivity index (χ1n) is 7.13. The molecule has 1 atom stereocenters. The number of amides is 2. The number of aliphatic hydroxyl groups excluding tert-OH is 1. The Morgan fingerprint density at radius 2 is 1.81 bits per heavy atom. The van der Waals surface area contributed by atoms with Crippen molar-refractivity contribution in [3.8, 4) is 0 Å². The van der Waals surface area contributed by atoms with Crippen molar-refractivity contribution < 1.29 is 27.9 Å². The number of halogens is 3. The summed E-state index contributed by atoms with van der Waals surface area (Å²) in [6, 6.07) is 0.135. The fourth-order valence-corrected chi connectivity index (χ4v) is 2.97. The van der Waals surface area contributed by atoms with Crippen molar-refractivity contribution in [1.29, 1.82) is 0 Å². The second-order valence-corrected chi connectivity index (χ2v) is 5.58. The Bertz CT molecular complexity index is 408. The van der Waals surface area contributed by atoms with Crippen LogP contribution < -0.4 is 0 Å². The smallest absolute Gasteiger partial charge is 0.376 e. The quantitative estimate of drug-likeness (QED) is 0.825. The van der Waals surface area contributed by atoms with Crippen molar-refractivity contribution in [2.45, 2.75) is 50.4 Å². The minimum absolute atomic E-state index is 0.0359. The Morgan fingerprint density at radius 1 is 1.19 bits per heavy atom. The highest BCUT2D eigenvalue weighted by atomic mass is 19.4. The molecule has 1 aliphatic carbocycles. The molecule has 0 spiro atoms. The van der Waals surface area contributed by atoms with Crippen LogP contribution in [-0.4, -0.2) is 64.7 Å². The fraction of sp³-hybridized carbons (Fsp3) is 0.846. The van der Waals surface area contributed by atoms with E-state index in [2.05, 4.69) is 0 Å². The second-order valence-electron chi connectivity index (χ2n) is 5.58. The molecule has 1 saturated heterocycles. The standard InChI is InChI=1S/C13H19F3N2O3/c14-13(15,16)11(20)12(21)17-6-7-18(10(19)8-17)9-4-2-1-3-5-9/h9,11,20H,1-8H2/t11-/m1/s1. The van der Waals surface area contributed by atoms with Gasteiger partial charge in [0.05, 0.1) is 6.54 Å². The number of carbonyl (C=O) groups excluding carboxylic acids is 2. The Labute approximate surface area is 120 Å². The SMILES string of the molecule is O=C([C@@H](O)C(F)(F)F)N1CCN(C2CCCCC2)C(=O)C1. The van der Waals surface area contributed by atoms with E-state index in [4.69, 9.17) is 5.11 Å². The minimum Gasteiger partial charge on any atom is -0.376 e. The Hall–Kier alpha value is -1.31. The average molecular weight is 308 g/mol. The van der Waals surface area contributed by atoms with E-state index in [0.29, 0.717) is 0 Å². The monoisotopic (exact) mass is 308 g/mol. The third kappa shape index (κ3) is 3.66. The average Bonchev–Trinajstić information content (AvgIpc) is 2.45. The van der Waals surface area contributed by atoms with Gasteiger partial charge in [-0.05, 0) is 12.8 Å². The number of hydrogen-bond acceptors (Lipinski definition) is 3. The van der Waals surface area contributed by atoms with Gasteiger partial charge in [0.2, 0.25) is 12.0 Å². The van der Waals surface area contributed by atoms with Crippen LogP contribution in [0.5, 0.6) is 0 Å². The van der Waals surface area contributed by atoms with E-state index in [1.165, 1.54) is 0 Å². The lowest BCUT2D eigenvalue weighted by molar-refractivity contribution is -0.211.